The number of fused-ring (bicyclic) bond motifs is 2. The third-order valence-corrected chi connectivity index (χ3v) is 5.88. The van der Waals surface area contributed by atoms with Crippen molar-refractivity contribution < 1.29 is 22.4 Å². The van der Waals surface area contributed by atoms with E-state index in [9.17, 15) is 22.4 Å². The van der Waals surface area contributed by atoms with Crippen molar-refractivity contribution in [2.24, 2.45) is 0 Å². The van der Waals surface area contributed by atoms with Crippen molar-refractivity contribution in [1.82, 2.24) is 15.0 Å². The summed E-state index contributed by atoms with van der Waals surface area (Å²) in [4.78, 5) is 25.7. The largest absolute Gasteiger partial charge is 0.418 e. The molecule has 0 radical (unpaired) electrons. The summed E-state index contributed by atoms with van der Waals surface area (Å²) in [6, 6.07) is 16.7. The van der Waals surface area contributed by atoms with E-state index in [1.807, 2.05) is 6.07 Å². The molecular formula is C27H17F4N3O. The first-order valence-electron chi connectivity index (χ1n) is 10.8. The van der Waals surface area contributed by atoms with E-state index in [0.29, 0.717) is 22.0 Å². The molecule has 0 aliphatic heterocycles. The number of hydrogen-bond acceptors (Lipinski definition) is 4. The highest BCUT2D eigenvalue weighted by molar-refractivity contribution is 6.00. The van der Waals surface area contributed by atoms with Crippen LogP contribution in [0.3, 0.4) is 0 Å². The van der Waals surface area contributed by atoms with Crippen LogP contribution in [0.15, 0.2) is 85.3 Å². The predicted molar refractivity (Wildman–Crippen MR) is 123 cm³/mol. The van der Waals surface area contributed by atoms with E-state index in [1.165, 1.54) is 30.6 Å². The zero-order valence-electron chi connectivity index (χ0n) is 18.1. The molecule has 0 amide bonds. The number of carbonyl (C=O) groups is 1. The average Bonchev–Trinajstić information content (AvgIpc) is 2.86. The Morgan fingerprint density at radius 1 is 0.857 bits per heavy atom. The smallest absolute Gasteiger partial charge is 0.294 e. The lowest BCUT2D eigenvalue weighted by atomic mass is 9.86. The van der Waals surface area contributed by atoms with Crippen molar-refractivity contribution in [2.45, 2.75) is 18.5 Å². The second-order valence-corrected chi connectivity index (χ2v) is 8.10. The molecule has 2 aromatic carbocycles. The number of nitrogens with zero attached hydrogens (tertiary/aromatic N) is 3. The number of ketones is 1. The molecule has 0 N–H and O–H groups in total. The maximum absolute atomic E-state index is 14.1. The minimum Gasteiger partial charge on any atom is -0.294 e. The van der Waals surface area contributed by atoms with Crippen LogP contribution in [-0.2, 0) is 6.18 Å². The third kappa shape index (κ3) is 4.47. The van der Waals surface area contributed by atoms with Crippen LogP contribution in [0.1, 0.15) is 39.5 Å². The van der Waals surface area contributed by atoms with Crippen molar-refractivity contribution in [3.05, 3.63) is 114 Å². The Hall–Kier alpha value is -4.20. The fourth-order valence-corrected chi connectivity index (χ4v) is 4.18. The lowest BCUT2D eigenvalue weighted by Crippen LogP contribution is -2.17. The highest BCUT2D eigenvalue weighted by atomic mass is 19.4. The summed E-state index contributed by atoms with van der Waals surface area (Å²) in [7, 11) is 0. The van der Waals surface area contributed by atoms with Gasteiger partial charge in [0, 0.05) is 47.3 Å². The number of hydrogen-bond donors (Lipinski definition) is 0. The Kier molecular flexibility index (Phi) is 5.72. The highest BCUT2D eigenvalue weighted by Crippen LogP contribution is 2.38. The first-order chi connectivity index (χ1) is 16.8. The monoisotopic (exact) mass is 475 g/mol. The molecule has 0 saturated heterocycles. The first-order valence-corrected chi connectivity index (χ1v) is 10.8. The molecule has 4 nitrogen and oxygen atoms in total. The molecule has 0 aliphatic rings. The second kappa shape index (κ2) is 8.87. The van der Waals surface area contributed by atoms with Gasteiger partial charge in [0.15, 0.2) is 5.78 Å². The zero-order chi connectivity index (χ0) is 24.6. The number of Topliss-reactive ketones (excluding diaryl/α,β-unsaturated/α-hetero) is 1. The van der Waals surface area contributed by atoms with Crippen molar-refractivity contribution in [3.63, 3.8) is 0 Å². The molecule has 0 aliphatic carbocycles. The number of aromatic nitrogens is 3. The van der Waals surface area contributed by atoms with Gasteiger partial charge in [0.2, 0.25) is 0 Å². The Bertz CT molecular complexity index is 1570. The number of rotatable bonds is 5. The van der Waals surface area contributed by atoms with Gasteiger partial charge in [0.05, 0.1) is 16.8 Å². The van der Waals surface area contributed by atoms with Crippen LogP contribution in [0.2, 0.25) is 0 Å². The lowest BCUT2D eigenvalue weighted by Gasteiger charge is -2.21. The normalized spacial score (nSPS) is 12.7. The van der Waals surface area contributed by atoms with Gasteiger partial charge in [-0.1, -0.05) is 30.3 Å². The molecule has 1 atom stereocenters. The fourth-order valence-electron chi connectivity index (χ4n) is 4.18. The molecule has 3 aromatic heterocycles. The van der Waals surface area contributed by atoms with E-state index in [2.05, 4.69) is 15.0 Å². The molecule has 5 rings (SSSR count). The molecule has 0 unspecified atom stereocenters. The number of pyridine rings is 3. The van der Waals surface area contributed by atoms with Crippen LogP contribution in [0.4, 0.5) is 17.6 Å². The van der Waals surface area contributed by atoms with Gasteiger partial charge in [-0.3, -0.25) is 19.7 Å². The third-order valence-electron chi connectivity index (χ3n) is 5.88. The van der Waals surface area contributed by atoms with Crippen LogP contribution >= 0.6 is 0 Å². The van der Waals surface area contributed by atoms with Gasteiger partial charge in [-0.05, 0) is 42.0 Å². The van der Waals surface area contributed by atoms with Crippen molar-refractivity contribution in [1.29, 1.82) is 0 Å². The molecule has 0 spiro atoms. The van der Waals surface area contributed by atoms with Gasteiger partial charge in [-0.25, -0.2) is 4.39 Å². The molecular weight excluding hydrogens is 458 g/mol. The number of para-hydroxylation sites is 1. The summed E-state index contributed by atoms with van der Waals surface area (Å²) in [5, 5.41) is 1.25. The molecule has 8 heteroatoms. The number of halogens is 4. The minimum absolute atomic E-state index is 0.0963. The van der Waals surface area contributed by atoms with Gasteiger partial charge in [0.25, 0.3) is 0 Å². The van der Waals surface area contributed by atoms with E-state index in [1.54, 1.807) is 42.6 Å². The number of benzene rings is 2. The molecule has 3 heterocycles. The van der Waals surface area contributed by atoms with Crippen LogP contribution < -0.4 is 0 Å². The highest BCUT2D eigenvalue weighted by Gasteiger charge is 2.37. The average molecular weight is 475 g/mol. The van der Waals surface area contributed by atoms with Crippen molar-refractivity contribution >= 4 is 27.6 Å². The van der Waals surface area contributed by atoms with E-state index < -0.39 is 23.5 Å². The van der Waals surface area contributed by atoms with Crippen LogP contribution in [-0.4, -0.2) is 20.7 Å². The van der Waals surface area contributed by atoms with Gasteiger partial charge in [-0.2, -0.15) is 13.2 Å². The lowest BCUT2D eigenvalue weighted by molar-refractivity contribution is -0.138. The van der Waals surface area contributed by atoms with Crippen molar-refractivity contribution in [3.8, 4) is 0 Å². The quantitative estimate of drug-likeness (QED) is 0.209. The maximum atomic E-state index is 14.1. The van der Waals surface area contributed by atoms with Gasteiger partial charge in [0.1, 0.15) is 11.3 Å². The minimum atomic E-state index is -4.67. The summed E-state index contributed by atoms with van der Waals surface area (Å²) in [6.07, 6.45) is -0.797. The summed E-state index contributed by atoms with van der Waals surface area (Å²) >= 11 is 0. The summed E-state index contributed by atoms with van der Waals surface area (Å²) in [6.45, 7) is 0. The van der Waals surface area contributed by atoms with E-state index in [4.69, 9.17) is 0 Å². The Balaban J connectivity index is 1.62. The van der Waals surface area contributed by atoms with Gasteiger partial charge < -0.3 is 0 Å². The molecule has 35 heavy (non-hydrogen) atoms. The Morgan fingerprint density at radius 2 is 1.63 bits per heavy atom. The Labute approximate surface area is 197 Å². The second-order valence-electron chi connectivity index (χ2n) is 8.10. The van der Waals surface area contributed by atoms with Gasteiger partial charge in [-0.15, -0.1) is 0 Å². The zero-order valence-corrected chi connectivity index (χ0v) is 18.1. The number of alkyl halides is 3. The van der Waals surface area contributed by atoms with Crippen LogP contribution in [0.25, 0.3) is 21.8 Å². The standard InChI is InChI=1S/C27H17F4N3O/c28-22-7-1-4-18-12-19(15-34-25(18)22)20(26-21(27(29,30)31)6-3-11-33-26)14-24(35)17-9-8-16-5-2-10-32-23(16)13-17/h1-13,15,20H,14H2/t20-/m0/s1. The first kappa shape index (κ1) is 22.6. The summed E-state index contributed by atoms with van der Waals surface area (Å²) < 4.78 is 55.7. The number of carbonyl (C=O) groups excluding carboxylic acids is 1. The van der Waals surface area contributed by atoms with E-state index >= 15 is 0 Å². The van der Waals surface area contributed by atoms with Crippen LogP contribution in [0, 0.1) is 5.82 Å². The molecule has 0 fully saturated rings. The summed E-state index contributed by atoms with van der Waals surface area (Å²) in [5.74, 6) is -1.97. The predicted octanol–water partition coefficient (Wildman–Crippen LogP) is 6.74. The van der Waals surface area contributed by atoms with Crippen molar-refractivity contribution in [2.75, 3.05) is 0 Å². The van der Waals surface area contributed by atoms with Gasteiger partial charge >= 0.3 is 6.18 Å². The maximum Gasteiger partial charge on any atom is 0.418 e. The SMILES string of the molecule is O=C(C[C@@H](c1cnc2c(F)cccc2c1)c1ncccc1C(F)(F)F)c1ccc2cccnc2c1. The molecule has 0 bridgehead atoms. The molecule has 174 valence electrons. The van der Waals surface area contributed by atoms with Crippen LogP contribution in [0.5, 0.6) is 0 Å². The summed E-state index contributed by atoms with van der Waals surface area (Å²) in [5.41, 5.74) is 0.137. The topological polar surface area (TPSA) is 55.7 Å². The fraction of sp³-hybridized carbons (Fsp3) is 0.111. The van der Waals surface area contributed by atoms with E-state index in [-0.39, 0.29) is 23.4 Å². The van der Waals surface area contributed by atoms with E-state index in [0.717, 1.165) is 11.5 Å². The Morgan fingerprint density at radius 3 is 2.46 bits per heavy atom. The molecule has 0 saturated carbocycles. The molecule has 5 aromatic rings.